The van der Waals surface area contributed by atoms with Crippen molar-refractivity contribution in [2.24, 2.45) is 0 Å². The van der Waals surface area contributed by atoms with Gasteiger partial charge in [-0.1, -0.05) is 41.9 Å². The number of benzene rings is 3. The summed E-state index contributed by atoms with van der Waals surface area (Å²) in [5.41, 5.74) is 0.945. The number of ether oxygens (including phenoxy) is 1. The Kier molecular flexibility index (Phi) is 8.64. The maximum atomic E-state index is 13.2. The van der Waals surface area contributed by atoms with Gasteiger partial charge in [-0.25, -0.2) is 0 Å². The number of carbonyl (C=O) groups excluding carboxylic acids is 3. The molecule has 0 saturated carbocycles. The molecule has 0 spiro atoms. The number of ketones is 1. The number of nitrogens with one attached hydrogen (secondary N) is 1. The maximum Gasteiger partial charge on any atom is 0.266 e. The third-order valence-corrected chi connectivity index (χ3v) is 6.72. The fraction of sp³-hybridized carbons (Fsp3) is 0.258. The third-order valence-electron chi connectivity index (χ3n) is 6.47. The molecule has 1 heterocycles. The van der Waals surface area contributed by atoms with Crippen LogP contribution < -0.4 is 10.1 Å². The van der Waals surface area contributed by atoms with Crippen molar-refractivity contribution in [2.75, 3.05) is 13.1 Å². The van der Waals surface area contributed by atoms with Crippen molar-refractivity contribution in [1.29, 1.82) is 0 Å². The number of hydrogen-bond donors (Lipinski definition) is 1. The summed E-state index contributed by atoms with van der Waals surface area (Å²) < 4.78 is 6.04. The Morgan fingerprint density at radius 3 is 2.08 bits per heavy atom. The molecule has 0 aliphatic carbocycles. The fourth-order valence-corrected chi connectivity index (χ4v) is 4.50. The van der Waals surface area contributed by atoms with E-state index in [1.54, 1.807) is 73.4 Å². The Morgan fingerprint density at radius 1 is 0.895 bits per heavy atom. The standard InChI is InChI=1S/C31H31ClN2O4/c1-31(2,38-27-15-11-24(12-16-27)29(36)23-9-13-25(32)14-10-23)30(37)34-20-18-26(19-21-34)33-28(35)17-8-22-6-4-3-5-7-22/h3-17,26H,18-21H2,1-2H3,(H,33,35)/b17-8+. The number of piperidine rings is 1. The average molecular weight is 531 g/mol. The van der Waals surface area contributed by atoms with E-state index in [1.807, 2.05) is 30.3 Å². The summed E-state index contributed by atoms with van der Waals surface area (Å²) in [5.74, 6) is 0.130. The second kappa shape index (κ2) is 12.1. The van der Waals surface area contributed by atoms with Crippen LogP contribution in [0.2, 0.25) is 5.02 Å². The van der Waals surface area contributed by atoms with Gasteiger partial charge in [-0.05, 0) is 86.9 Å². The number of rotatable bonds is 8. The van der Waals surface area contributed by atoms with Crippen LogP contribution in [-0.2, 0) is 9.59 Å². The summed E-state index contributed by atoms with van der Waals surface area (Å²) in [6.07, 6.45) is 4.68. The Morgan fingerprint density at radius 2 is 1.47 bits per heavy atom. The predicted octanol–water partition coefficient (Wildman–Crippen LogP) is 5.55. The van der Waals surface area contributed by atoms with Crippen LogP contribution >= 0.6 is 11.6 Å². The Hall–Kier alpha value is -3.90. The predicted molar refractivity (Wildman–Crippen MR) is 149 cm³/mol. The highest BCUT2D eigenvalue weighted by molar-refractivity contribution is 6.30. The first kappa shape index (κ1) is 27.1. The Balaban J connectivity index is 1.27. The van der Waals surface area contributed by atoms with Crippen molar-refractivity contribution in [3.63, 3.8) is 0 Å². The lowest BCUT2D eigenvalue weighted by Crippen LogP contribution is -2.53. The third kappa shape index (κ3) is 7.11. The van der Waals surface area contributed by atoms with Gasteiger partial charge >= 0.3 is 0 Å². The van der Waals surface area contributed by atoms with Crippen LogP contribution in [0.4, 0.5) is 0 Å². The minimum absolute atomic E-state index is 0.0155. The largest absolute Gasteiger partial charge is 0.478 e. The van der Waals surface area contributed by atoms with E-state index < -0.39 is 5.60 Å². The van der Waals surface area contributed by atoms with Gasteiger partial charge in [0.1, 0.15) is 5.75 Å². The molecule has 0 unspecified atom stereocenters. The zero-order valence-corrected chi connectivity index (χ0v) is 22.3. The molecule has 4 rings (SSSR count). The minimum atomic E-state index is -1.09. The molecule has 6 nitrogen and oxygen atoms in total. The van der Waals surface area contributed by atoms with Gasteiger partial charge in [0.25, 0.3) is 5.91 Å². The van der Waals surface area contributed by atoms with Gasteiger partial charge in [-0.15, -0.1) is 0 Å². The summed E-state index contributed by atoms with van der Waals surface area (Å²) in [7, 11) is 0. The molecule has 2 amide bonds. The Labute approximate surface area is 228 Å². The smallest absolute Gasteiger partial charge is 0.266 e. The van der Waals surface area contributed by atoms with Crippen LogP contribution in [0.1, 0.15) is 48.2 Å². The first-order valence-corrected chi connectivity index (χ1v) is 13.0. The molecule has 38 heavy (non-hydrogen) atoms. The van der Waals surface area contributed by atoms with Gasteiger partial charge in [0.15, 0.2) is 11.4 Å². The van der Waals surface area contributed by atoms with Gasteiger partial charge in [0, 0.05) is 41.4 Å². The molecule has 1 N–H and O–H groups in total. The molecule has 1 saturated heterocycles. The monoisotopic (exact) mass is 530 g/mol. The maximum absolute atomic E-state index is 13.2. The highest BCUT2D eigenvalue weighted by Gasteiger charge is 2.36. The van der Waals surface area contributed by atoms with Crippen molar-refractivity contribution in [3.8, 4) is 5.75 Å². The van der Waals surface area contributed by atoms with E-state index in [4.69, 9.17) is 16.3 Å². The van der Waals surface area contributed by atoms with Crippen molar-refractivity contribution in [2.45, 2.75) is 38.3 Å². The number of carbonyl (C=O) groups is 3. The number of amides is 2. The summed E-state index contributed by atoms with van der Waals surface area (Å²) in [6, 6.07) is 23.2. The van der Waals surface area contributed by atoms with Crippen LogP contribution in [0.3, 0.4) is 0 Å². The zero-order chi connectivity index (χ0) is 27.1. The summed E-state index contributed by atoms with van der Waals surface area (Å²) in [5, 5.41) is 3.60. The molecule has 1 fully saturated rings. The quantitative estimate of drug-likeness (QED) is 0.306. The second-order valence-electron chi connectivity index (χ2n) is 9.79. The minimum Gasteiger partial charge on any atom is -0.478 e. The van der Waals surface area contributed by atoms with Crippen LogP contribution in [0.5, 0.6) is 5.75 Å². The first-order chi connectivity index (χ1) is 18.2. The molecule has 3 aromatic carbocycles. The van der Waals surface area contributed by atoms with Gasteiger partial charge in [0.2, 0.25) is 5.91 Å². The van der Waals surface area contributed by atoms with E-state index in [-0.39, 0.29) is 23.6 Å². The molecule has 0 atom stereocenters. The first-order valence-electron chi connectivity index (χ1n) is 12.6. The van der Waals surface area contributed by atoms with Gasteiger partial charge in [-0.3, -0.25) is 14.4 Å². The van der Waals surface area contributed by atoms with E-state index in [9.17, 15) is 14.4 Å². The van der Waals surface area contributed by atoms with Crippen LogP contribution in [0, 0.1) is 0 Å². The zero-order valence-electron chi connectivity index (χ0n) is 21.5. The second-order valence-corrected chi connectivity index (χ2v) is 10.2. The average Bonchev–Trinajstić information content (AvgIpc) is 2.93. The van der Waals surface area contributed by atoms with Crippen molar-refractivity contribution < 1.29 is 19.1 Å². The fourth-order valence-electron chi connectivity index (χ4n) is 4.37. The van der Waals surface area contributed by atoms with Crippen LogP contribution in [-0.4, -0.2) is 47.2 Å². The lowest BCUT2D eigenvalue weighted by Gasteiger charge is -2.37. The summed E-state index contributed by atoms with van der Waals surface area (Å²) >= 11 is 5.91. The molecular formula is C31H31ClN2O4. The number of halogens is 1. The number of nitrogens with zero attached hydrogens (tertiary/aromatic N) is 1. The van der Waals surface area contributed by atoms with Gasteiger partial charge < -0.3 is 15.0 Å². The molecule has 1 aliphatic heterocycles. The van der Waals surface area contributed by atoms with Crippen LogP contribution in [0.25, 0.3) is 6.08 Å². The SMILES string of the molecule is CC(C)(Oc1ccc(C(=O)c2ccc(Cl)cc2)cc1)C(=O)N1CCC(NC(=O)/C=C/c2ccccc2)CC1. The number of hydrogen-bond acceptors (Lipinski definition) is 4. The molecule has 1 aliphatic rings. The van der Waals surface area contributed by atoms with Crippen molar-refractivity contribution in [3.05, 3.63) is 107 Å². The summed E-state index contributed by atoms with van der Waals surface area (Å²) in [4.78, 5) is 40.0. The van der Waals surface area contributed by atoms with Crippen molar-refractivity contribution >= 4 is 35.3 Å². The topological polar surface area (TPSA) is 75.7 Å². The molecule has 0 radical (unpaired) electrons. The normalized spacial score (nSPS) is 14.3. The van der Waals surface area contributed by atoms with Crippen LogP contribution in [0.15, 0.2) is 84.9 Å². The van der Waals surface area contributed by atoms with Gasteiger partial charge in [0.05, 0.1) is 0 Å². The highest BCUT2D eigenvalue weighted by Crippen LogP contribution is 2.24. The van der Waals surface area contributed by atoms with E-state index >= 15 is 0 Å². The van der Waals surface area contributed by atoms with E-state index in [0.717, 1.165) is 5.56 Å². The van der Waals surface area contributed by atoms with E-state index in [2.05, 4.69) is 5.32 Å². The molecular weight excluding hydrogens is 500 g/mol. The molecule has 7 heteroatoms. The lowest BCUT2D eigenvalue weighted by atomic mass is 10.0. The summed E-state index contributed by atoms with van der Waals surface area (Å²) in [6.45, 7) is 4.55. The number of likely N-dealkylation sites (tertiary alicyclic amines) is 1. The lowest BCUT2D eigenvalue weighted by molar-refractivity contribution is -0.146. The van der Waals surface area contributed by atoms with Gasteiger partial charge in [-0.2, -0.15) is 0 Å². The van der Waals surface area contributed by atoms with Crippen molar-refractivity contribution in [1.82, 2.24) is 10.2 Å². The highest BCUT2D eigenvalue weighted by atomic mass is 35.5. The molecule has 0 aromatic heterocycles. The Bertz CT molecular complexity index is 1290. The van der Waals surface area contributed by atoms with E-state index in [1.165, 1.54) is 6.08 Å². The molecule has 0 bridgehead atoms. The van der Waals surface area contributed by atoms with E-state index in [0.29, 0.717) is 47.8 Å². The molecule has 3 aromatic rings. The molecule has 196 valence electrons.